The van der Waals surface area contributed by atoms with Gasteiger partial charge < -0.3 is 9.47 Å². The molecule has 0 spiro atoms. The molecule has 0 saturated carbocycles. The minimum absolute atomic E-state index is 0.316. The van der Waals surface area contributed by atoms with Crippen molar-refractivity contribution in [2.45, 2.75) is 25.7 Å². The van der Waals surface area contributed by atoms with Crippen LogP contribution in [0.5, 0.6) is 0 Å². The van der Waals surface area contributed by atoms with Crippen LogP contribution < -0.4 is 0 Å². The number of ether oxygens (including phenoxy) is 2. The number of esters is 2. The van der Waals surface area contributed by atoms with Crippen LogP contribution in [0.2, 0.25) is 0 Å². The molecule has 1 rings (SSSR count). The molecule has 0 radical (unpaired) electrons. The van der Waals surface area contributed by atoms with E-state index in [-0.39, 0.29) is 0 Å². The Morgan fingerprint density at radius 3 is 2.47 bits per heavy atom. The molecule has 1 aliphatic rings. The van der Waals surface area contributed by atoms with Gasteiger partial charge in [0.15, 0.2) is 5.92 Å². The van der Waals surface area contributed by atoms with Crippen molar-refractivity contribution < 1.29 is 19.1 Å². The zero-order valence-corrected chi connectivity index (χ0v) is 10.3. The highest BCUT2D eigenvalue weighted by Crippen LogP contribution is 2.19. The van der Waals surface area contributed by atoms with Gasteiger partial charge in [0.05, 0.1) is 14.2 Å². The fraction of sp³-hybridized carbons (Fsp3) is 0.538. The van der Waals surface area contributed by atoms with Gasteiger partial charge in [-0.1, -0.05) is 23.8 Å². The van der Waals surface area contributed by atoms with E-state index in [0.717, 1.165) is 12.8 Å². The molecule has 0 unspecified atom stereocenters. The molecule has 0 aliphatic heterocycles. The van der Waals surface area contributed by atoms with E-state index in [0.29, 0.717) is 6.42 Å². The molecule has 0 heterocycles. The summed E-state index contributed by atoms with van der Waals surface area (Å²) in [6.07, 6.45) is 9.63. The van der Waals surface area contributed by atoms with Crippen molar-refractivity contribution in [2.24, 2.45) is 5.92 Å². The molecule has 0 fully saturated rings. The Bertz CT molecular complexity index is 325. The summed E-state index contributed by atoms with van der Waals surface area (Å²) in [5.74, 6) is -1.97. The fourth-order valence-corrected chi connectivity index (χ4v) is 1.78. The summed E-state index contributed by atoms with van der Waals surface area (Å²) in [4.78, 5) is 22.7. The number of rotatable bonds is 5. The second kappa shape index (κ2) is 6.89. The quantitative estimate of drug-likeness (QED) is 0.543. The molecule has 0 aromatic rings. The third kappa shape index (κ3) is 4.06. The van der Waals surface area contributed by atoms with Gasteiger partial charge in [-0.25, -0.2) is 0 Å². The van der Waals surface area contributed by atoms with Crippen molar-refractivity contribution in [1.29, 1.82) is 0 Å². The normalized spacial score (nSPS) is 15.1. The molecule has 0 amide bonds. The number of hydrogen-bond acceptors (Lipinski definition) is 4. The first-order chi connectivity index (χ1) is 8.19. The van der Waals surface area contributed by atoms with Gasteiger partial charge in [-0.15, -0.1) is 0 Å². The predicted octanol–water partition coefficient (Wildman–Crippen LogP) is 2.01. The van der Waals surface area contributed by atoms with E-state index in [1.807, 2.05) is 12.2 Å². The SMILES string of the molecule is COC(=O)C(CC=CC1=CCCC1)C(=O)OC. The summed E-state index contributed by atoms with van der Waals surface area (Å²) in [6, 6.07) is 0. The van der Waals surface area contributed by atoms with Gasteiger partial charge in [0.25, 0.3) is 0 Å². The van der Waals surface area contributed by atoms with Crippen molar-refractivity contribution in [3.63, 3.8) is 0 Å². The highest BCUT2D eigenvalue weighted by Gasteiger charge is 2.27. The van der Waals surface area contributed by atoms with Crippen LogP contribution in [0.3, 0.4) is 0 Å². The monoisotopic (exact) mass is 238 g/mol. The van der Waals surface area contributed by atoms with Crippen molar-refractivity contribution in [2.75, 3.05) is 14.2 Å². The second-order valence-electron chi connectivity index (χ2n) is 3.91. The van der Waals surface area contributed by atoms with Crippen LogP contribution in [0.4, 0.5) is 0 Å². The van der Waals surface area contributed by atoms with Gasteiger partial charge in [-0.2, -0.15) is 0 Å². The van der Waals surface area contributed by atoms with Crippen molar-refractivity contribution >= 4 is 11.9 Å². The Hall–Kier alpha value is -1.58. The lowest BCUT2D eigenvalue weighted by molar-refractivity contribution is -0.158. The first-order valence-electron chi connectivity index (χ1n) is 5.70. The van der Waals surface area contributed by atoms with Crippen LogP contribution in [0.25, 0.3) is 0 Å². The van der Waals surface area contributed by atoms with Gasteiger partial charge in [0, 0.05) is 0 Å². The number of carbonyl (C=O) groups is 2. The number of methoxy groups -OCH3 is 2. The van der Waals surface area contributed by atoms with E-state index in [1.165, 1.54) is 26.2 Å². The minimum Gasteiger partial charge on any atom is -0.468 e. The van der Waals surface area contributed by atoms with Crippen LogP contribution in [-0.2, 0) is 19.1 Å². The first kappa shape index (κ1) is 13.5. The number of allylic oxidation sites excluding steroid dienone is 4. The van der Waals surface area contributed by atoms with Gasteiger partial charge in [-0.05, 0) is 25.7 Å². The molecule has 17 heavy (non-hydrogen) atoms. The van der Waals surface area contributed by atoms with Crippen molar-refractivity contribution in [1.82, 2.24) is 0 Å². The Morgan fingerprint density at radius 1 is 1.35 bits per heavy atom. The molecule has 0 aromatic heterocycles. The molecule has 4 nitrogen and oxygen atoms in total. The van der Waals surface area contributed by atoms with Gasteiger partial charge in [-0.3, -0.25) is 9.59 Å². The van der Waals surface area contributed by atoms with Crippen LogP contribution >= 0.6 is 0 Å². The van der Waals surface area contributed by atoms with Gasteiger partial charge in [0.2, 0.25) is 0 Å². The molecule has 0 saturated heterocycles. The minimum atomic E-state index is -0.858. The Kier molecular flexibility index (Phi) is 5.46. The Balaban J connectivity index is 2.54. The standard InChI is InChI=1S/C13H18O4/c1-16-12(14)11(13(15)17-2)9-5-8-10-6-3-4-7-10/h5-6,8,11H,3-4,7,9H2,1-2H3. The summed E-state index contributed by atoms with van der Waals surface area (Å²) in [5.41, 5.74) is 1.26. The summed E-state index contributed by atoms with van der Waals surface area (Å²) in [6.45, 7) is 0. The largest absolute Gasteiger partial charge is 0.468 e. The van der Waals surface area contributed by atoms with Crippen LogP contribution in [0.1, 0.15) is 25.7 Å². The molecule has 1 aliphatic carbocycles. The summed E-state index contributed by atoms with van der Waals surface area (Å²) < 4.78 is 9.14. The van der Waals surface area contributed by atoms with Crippen molar-refractivity contribution in [3.8, 4) is 0 Å². The lowest BCUT2D eigenvalue weighted by atomic mass is 10.0. The van der Waals surface area contributed by atoms with Crippen LogP contribution in [-0.4, -0.2) is 26.2 Å². The number of hydrogen-bond donors (Lipinski definition) is 0. The predicted molar refractivity (Wildman–Crippen MR) is 63.2 cm³/mol. The van der Waals surface area contributed by atoms with E-state index >= 15 is 0 Å². The maximum absolute atomic E-state index is 11.4. The Labute approximate surface area is 101 Å². The van der Waals surface area contributed by atoms with E-state index in [4.69, 9.17) is 0 Å². The molecular formula is C13H18O4. The van der Waals surface area contributed by atoms with E-state index in [9.17, 15) is 9.59 Å². The van der Waals surface area contributed by atoms with E-state index in [2.05, 4.69) is 15.5 Å². The molecule has 0 aromatic carbocycles. The maximum atomic E-state index is 11.4. The molecule has 0 N–H and O–H groups in total. The third-order valence-electron chi connectivity index (χ3n) is 2.75. The average molecular weight is 238 g/mol. The van der Waals surface area contributed by atoms with E-state index < -0.39 is 17.9 Å². The lowest BCUT2D eigenvalue weighted by Crippen LogP contribution is -2.25. The summed E-state index contributed by atoms with van der Waals surface area (Å²) in [5, 5.41) is 0. The topological polar surface area (TPSA) is 52.6 Å². The summed E-state index contributed by atoms with van der Waals surface area (Å²) >= 11 is 0. The number of carbonyl (C=O) groups excluding carboxylic acids is 2. The summed E-state index contributed by atoms with van der Waals surface area (Å²) in [7, 11) is 2.53. The smallest absolute Gasteiger partial charge is 0.320 e. The fourth-order valence-electron chi connectivity index (χ4n) is 1.78. The second-order valence-corrected chi connectivity index (χ2v) is 3.91. The first-order valence-corrected chi connectivity index (χ1v) is 5.70. The van der Waals surface area contributed by atoms with Crippen LogP contribution in [0.15, 0.2) is 23.8 Å². The van der Waals surface area contributed by atoms with Crippen LogP contribution in [0, 0.1) is 5.92 Å². The van der Waals surface area contributed by atoms with Crippen molar-refractivity contribution in [3.05, 3.63) is 23.8 Å². The molecule has 94 valence electrons. The van der Waals surface area contributed by atoms with E-state index in [1.54, 1.807) is 0 Å². The van der Waals surface area contributed by atoms with Gasteiger partial charge >= 0.3 is 11.9 Å². The zero-order chi connectivity index (χ0) is 12.7. The average Bonchev–Trinajstić information content (AvgIpc) is 2.86. The molecule has 0 bridgehead atoms. The molecular weight excluding hydrogens is 220 g/mol. The third-order valence-corrected chi connectivity index (χ3v) is 2.75. The Morgan fingerprint density at radius 2 is 2.00 bits per heavy atom. The highest BCUT2D eigenvalue weighted by molar-refractivity contribution is 5.94. The lowest BCUT2D eigenvalue weighted by Gasteiger charge is -2.09. The van der Waals surface area contributed by atoms with Gasteiger partial charge in [0.1, 0.15) is 0 Å². The highest BCUT2D eigenvalue weighted by atomic mass is 16.5. The molecule has 4 heteroatoms. The maximum Gasteiger partial charge on any atom is 0.320 e. The molecule has 0 atom stereocenters. The zero-order valence-electron chi connectivity index (χ0n) is 10.3.